The largest absolute Gasteiger partial charge is 0.494 e. The molecule has 5 N–H and O–H groups in total. The number of nitrogens with one attached hydrogen (secondary N) is 1. The van der Waals surface area contributed by atoms with Crippen molar-refractivity contribution in [3.63, 3.8) is 0 Å². The van der Waals surface area contributed by atoms with Crippen LogP contribution in [0.2, 0.25) is 0 Å². The van der Waals surface area contributed by atoms with Crippen molar-refractivity contribution in [2.24, 2.45) is 5.73 Å². The number of benzene rings is 2. The number of carbonyl (C=O) groups excluding carboxylic acids is 3. The molecule has 0 spiro atoms. The molecule has 0 aliphatic heterocycles. The number of primary amides is 1. The molecular formula is C28H33N5O4S. The van der Waals surface area contributed by atoms with E-state index in [1.54, 1.807) is 30.3 Å². The summed E-state index contributed by atoms with van der Waals surface area (Å²) in [6, 6.07) is 11.7. The van der Waals surface area contributed by atoms with E-state index in [-0.39, 0.29) is 28.2 Å². The number of rotatable bonds is 9. The SMILES string of the molecule is CCOc1ccc([C@@H](C(=O)NC2CCCC2)N(C(=O)c2snc(C(N)=O)c2N)c2ccc(C)c(C)c2)cc1. The molecule has 0 unspecified atom stereocenters. The van der Waals surface area contributed by atoms with Gasteiger partial charge < -0.3 is 21.5 Å². The fourth-order valence-electron chi connectivity index (χ4n) is 4.68. The van der Waals surface area contributed by atoms with E-state index in [2.05, 4.69) is 9.69 Å². The van der Waals surface area contributed by atoms with Crippen molar-refractivity contribution in [3.8, 4) is 5.75 Å². The van der Waals surface area contributed by atoms with Crippen molar-refractivity contribution in [3.05, 3.63) is 69.7 Å². The minimum atomic E-state index is -1.01. The fourth-order valence-corrected chi connectivity index (χ4v) is 5.42. The molecule has 1 aliphatic carbocycles. The van der Waals surface area contributed by atoms with Crippen LogP contribution in [0.1, 0.15) is 75.5 Å². The Morgan fingerprint density at radius 1 is 1.11 bits per heavy atom. The van der Waals surface area contributed by atoms with E-state index in [0.29, 0.717) is 23.6 Å². The van der Waals surface area contributed by atoms with Gasteiger partial charge in [-0.25, -0.2) is 0 Å². The molecule has 38 heavy (non-hydrogen) atoms. The van der Waals surface area contributed by atoms with Gasteiger partial charge in [0.15, 0.2) is 5.69 Å². The topological polar surface area (TPSA) is 141 Å². The minimum Gasteiger partial charge on any atom is -0.494 e. The summed E-state index contributed by atoms with van der Waals surface area (Å²) in [5, 5.41) is 3.16. The predicted octanol–water partition coefficient (Wildman–Crippen LogP) is 4.29. The molecule has 0 bridgehead atoms. The summed E-state index contributed by atoms with van der Waals surface area (Å²) in [6.45, 7) is 6.32. The molecule has 1 atom stereocenters. The summed E-state index contributed by atoms with van der Waals surface area (Å²) in [6.07, 6.45) is 3.88. The van der Waals surface area contributed by atoms with Gasteiger partial charge in [0, 0.05) is 11.7 Å². The van der Waals surface area contributed by atoms with E-state index in [1.807, 2.05) is 32.9 Å². The van der Waals surface area contributed by atoms with Crippen molar-refractivity contribution >= 4 is 40.6 Å². The monoisotopic (exact) mass is 535 g/mol. The molecule has 200 valence electrons. The normalized spacial score (nSPS) is 14.2. The zero-order valence-electron chi connectivity index (χ0n) is 21.8. The third kappa shape index (κ3) is 5.65. The first-order valence-corrected chi connectivity index (χ1v) is 13.5. The second-order valence-electron chi connectivity index (χ2n) is 9.48. The minimum absolute atomic E-state index is 0.0411. The lowest BCUT2D eigenvalue weighted by Gasteiger charge is -2.32. The summed E-state index contributed by atoms with van der Waals surface area (Å²) >= 11 is 0.790. The Labute approximate surface area is 226 Å². The summed E-state index contributed by atoms with van der Waals surface area (Å²) in [5.74, 6) is -1.01. The Morgan fingerprint density at radius 2 is 1.79 bits per heavy atom. The maximum Gasteiger partial charge on any atom is 0.273 e. The van der Waals surface area contributed by atoms with Crippen LogP contribution in [-0.4, -0.2) is 34.7 Å². The van der Waals surface area contributed by atoms with E-state index in [9.17, 15) is 14.4 Å². The van der Waals surface area contributed by atoms with Crippen molar-refractivity contribution in [2.75, 3.05) is 17.2 Å². The molecule has 9 nitrogen and oxygen atoms in total. The van der Waals surface area contributed by atoms with Gasteiger partial charge in [0.1, 0.15) is 16.7 Å². The number of anilines is 2. The Hall–Kier alpha value is -3.92. The van der Waals surface area contributed by atoms with Crippen molar-refractivity contribution in [1.29, 1.82) is 0 Å². The third-order valence-corrected chi connectivity index (χ3v) is 7.71. The predicted molar refractivity (Wildman–Crippen MR) is 149 cm³/mol. The Balaban J connectivity index is 1.86. The Morgan fingerprint density at radius 3 is 2.37 bits per heavy atom. The molecule has 3 aromatic rings. The van der Waals surface area contributed by atoms with Crippen LogP contribution in [0.4, 0.5) is 11.4 Å². The number of hydrogen-bond acceptors (Lipinski definition) is 7. The van der Waals surface area contributed by atoms with Gasteiger partial charge in [-0.1, -0.05) is 31.0 Å². The highest BCUT2D eigenvalue weighted by Gasteiger charge is 2.37. The molecule has 4 rings (SSSR count). The quantitative estimate of drug-likeness (QED) is 0.373. The van der Waals surface area contributed by atoms with Crippen LogP contribution in [0.25, 0.3) is 0 Å². The average molecular weight is 536 g/mol. The smallest absolute Gasteiger partial charge is 0.273 e. The number of nitrogen functional groups attached to an aromatic ring is 1. The highest BCUT2D eigenvalue weighted by Crippen LogP contribution is 2.35. The van der Waals surface area contributed by atoms with Crippen LogP contribution in [0, 0.1) is 13.8 Å². The molecule has 2 aromatic carbocycles. The Bertz CT molecular complexity index is 1330. The first-order valence-electron chi connectivity index (χ1n) is 12.7. The van der Waals surface area contributed by atoms with Crippen LogP contribution in [0.5, 0.6) is 5.75 Å². The highest BCUT2D eigenvalue weighted by molar-refractivity contribution is 7.09. The molecule has 0 saturated heterocycles. The highest BCUT2D eigenvalue weighted by atomic mass is 32.1. The maximum absolute atomic E-state index is 14.2. The van der Waals surface area contributed by atoms with Gasteiger partial charge in [-0.15, -0.1) is 0 Å². The maximum atomic E-state index is 14.2. The molecule has 1 heterocycles. The average Bonchev–Trinajstić information content (AvgIpc) is 3.54. The molecule has 1 fully saturated rings. The van der Waals surface area contributed by atoms with E-state index in [4.69, 9.17) is 16.2 Å². The summed E-state index contributed by atoms with van der Waals surface area (Å²) in [5.41, 5.74) is 14.4. The number of nitrogens with two attached hydrogens (primary N) is 2. The van der Waals surface area contributed by atoms with E-state index in [0.717, 1.165) is 48.3 Å². The van der Waals surface area contributed by atoms with E-state index >= 15 is 0 Å². The van der Waals surface area contributed by atoms with Crippen molar-refractivity contribution in [1.82, 2.24) is 9.69 Å². The number of aryl methyl sites for hydroxylation is 2. The van der Waals surface area contributed by atoms with Gasteiger partial charge >= 0.3 is 0 Å². The van der Waals surface area contributed by atoms with E-state index in [1.165, 1.54) is 4.90 Å². The molecule has 0 radical (unpaired) electrons. The van der Waals surface area contributed by atoms with Crippen molar-refractivity contribution < 1.29 is 19.1 Å². The molecule has 1 saturated carbocycles. The summed E-state index contributed by atoms with van der Waals surface area (Å²) in [7, 11) is 0. The van der Waals surface area contributed by atoms with Gasteiger partial charge in [-0.3, -0.25) is 19.3 Å². The van der Waals surface area contributed by atoms with Crippen LogP contribution in [-0.2, 0) is 4.79 Å². The van der Waals surface area contributed by atoms with Gasteiger partial charge in [-0.2, -0.15) is 4.37 Å². The van der Waals surface area contributed by atoms with Crippen molar-refractivity contribution in [2.45, 2.75) is 58.5 Å². The summed E-state index contributed by atoms with van der Waals surface area (Å²) < 4.78 is 9.61. The Kier molecular flexibility index (Phi) is 8.31. The number of carbonyl (C=O) groups is 3. The second-order valence-corrected chi connectivity index (χ2v) is 10.2. The number of ether oxygens (including phenoxy) is 1. The van der Waals surface area contributed by atoms with E-state index < -0.39 is 17.9 Å². The summed E-state index contributed by atoms with van der Waals surface area (Å²) in [4.78, 5) is 41.4. The first-order chi connectivity index (χ1) is 18.2. The zero-order valence-corrected chi connectivity index (χ0v) is 22.6. The number of amides is 3. The van der Waals surface area contributed by atoms with Gasteiger partial charge in [0.05, 0.1) is 12.3 Å². The number of hydrogen-bond donors (Lipinski definition) is 3. The van der Waals surface area contributed by atoms with Gasteiger partial charge in [0.25, 0.3) is 11.8 Å². The molecule has 1 aliphatic rings. The van der Waals surface area contributed by atoms with Crippen LogP contribution < -0.4 is 26.4 Å². The standard InChI is InChI=1S/C28H33N5O4S/c1-4-37-21-13-10-18(11-14-21)24(27(35)31-19-7-5-6-8-19)33(20-12-9-16(2)17(3)15-20)28(36)25-22(29)23(26(30)34)32-38-25/h9-15,19,24H,4-8,29H2,1-3H3,(H2,30,34)(H,31,35)/t24-/m0/s1. The van der Waals surface area contributed by atoms with Gasteiger partial charge in [0.2, 0.25) is 5.91 Å². The number of aromatic nitrogens is 1. The van der Waals surface area contributed by atoms with Gasteiger partial charge in [-0.05, 0) is 86.1 Å². The number of nitrogens with zero attached hydrogens (tertiary/aromatic N) is 2. The third-order valence-electron chi connectivity index (χ3n) is 6.86. The molecule has 3 amide bonds. The lowest BCUT2D eigenvalue weighted by Crippen LogP contribution is -2.46. The van der Waals surface area contributed by atoms with Crippen LogP contribution >= 0.6 is 11.5 Å². The molecular weight excluding hydrogens is 502 g/mol. The first kappa shape index (κ1) is 27.1. The zero-order chi connectivity index (χ0) is 27.4. The fraction of sp³-hybridized carbons (Fsp3) is 0.357. The second kappa shape index (κ2) is 11.6. The van der Waals surface area contributed by atoms with Crippen LogP contribution in [0.15, 0.2) is 42.5 Å². The molecule has 10 heteroatoms. The molecule has 1 aromatic heterocycles. The van der Waals surface area contributed by atoms with Crippen LogP contribution in [0.3, 0.4) is 0 Å². The lowest BCUT2D eigenvalue weighted by atomic mass is 10.0. The lowest BCUT2D eigenvalue weighted by molar-refractivity contribution is -0.123.